The van der Waals surface area contributed by atoms with E-state index >= 15 is 0 Å². The lowest BCUT2D eigenvalue weighted by molar-refractivity contribution is 0.304. The number of fused-ring (bicyclic) bond motifs is 2. The summed E-state index contributed by atoms with van der Waals surface area (Å²) in [6.07, 6.45) is 1.80. The fourth-order valence-electron chi connectivity index (χ4n) is 2.87. The summed E-state index contributed by atoms with van der Waals surface area (Å²) in [6, 6.07) is 13.1. The molecule has 0 aliphatic carbocycles. The first-order chi connectivity index (χ1) is 13.7. The Hall–Kier alpha value is -2.68. The lowest BCUT2D eigenvalue weighted by Gasteiger charge is -2.06. The molecular weight excluding hydrogens is 419 g/mol. The second-order valence-corrected chi connectivity index (χ2v) is 7.92. The summed E-state index contributed by atoms with van der Waals surface area (Å²) < 4.78 is 9.52. The Kier molecular flexibility index (Phi) is 4.38. The van der Waals surface area contributed by atoms with Gasteiger partial charge >= 0.3 is 0 Å². The van der Waals surface area contributed by atoms with Crippen LogP contribution in [0.15, 0.2) is 48.8 Å². The van der Waals surface area contributed by atoms with Crippen molar-refractivity contribution in [3.63, 3.8) is 0 Å². The summed E-state index contributed by atoms with van der Waals surface area (Å²) >= 11 is 13.5. The molecule has 7 nitrogen and oxygen atoms in total. The number of aromatic nitrogens is 6. The second kappa shape index (κ2) is 7.05. The van der Waals surface area contributed by atoms with Crippen LogP contribution in [-0.2, 0) is 13.2 Å². The minimum absolute atomic E-state index is 0.281. The molecule has 0 amide bonds. The highest BCUT2D eigenvalue weighted by atomic mass is 35.5. The third kappa shape index (κ3) is 3.19. The van der Waals surface area contributed by atoms with E-state index < -0.39 is 0 Å². The first-order valence-corrected chi connectivity index (χ1v) is 9.92. The fourth-order valence-corrected chi connectivity index (χ4v) is 4.10. The van der Waals surface area contributed by atoms with Gasteiger partial charge in [0.25, 0.3) is 0 Å². The molecule has 2 aromatic carbocycles. The van der Waals surface area contributed by atoms with Crippen LogP contribution in [0.2, 0.25) is 10.0 Å². The Morgan fingerprint density at radius 1 is 1.07 bits per heavy atom. The second-order valence-electron chi connectivity index (χ2n) is 6.03. The zero-order valence-electron chi connectivity index (χ0n) is 14.3. The van der Waals surface area contributed by atoms with E-state index in [1.165, 1.54) is 11.3 Å². The van der Waals surface area contributed by atoms with Crippen molar-refractivity contribution in [3.8, 4) is 5.75 Å². The van der Waals surface area contributed by atoms with Gasteiger partial charge in [-0.3, -0.25) is 0 Å². The third-order valence-electron chi connectivity index (χ3n) is 4.18. The molecule has 0 saturated carbocycles. The Labute approximate surface area is 173 Å². The molecule has 0 saturated heterocycles. The molecule has 0 fully saturated rings. The summed E-state index contributed by atoms with van der Waals surface area (Å²) in [5, 5.41) is 14.8. The molecule has 0 aliphatic heterocycles. The van der Waals surface area contributed by atoms with E-state index in [1.54, 1.807) is 29.0 Å². The van der Waals surface area contributed by atoms with Gasteiger partial charge in [-0.2, -0.15) is 9.61 Å². The Bertz CT molecular complexity index is 1290. The molecule has 0 aliphatic rings. The molecule has 28 heavy (non-hydrogen) atoms. The minimum atomic E-state index is 0.281. The van der Waals surface area contributed by atoms with Crippen LogP contribution in [-0.4, -0.2) is 29.4 Å². The molecule has 5 rings (SSSR count). The van der Waals surface area contributed by atoms with Crippen molar-refractivity contribution in [2.24, 2.45) is 0 Å². The smallest absolute Gasteiger partial charge is 0.234 e. The summed E-state index contributed by atoms with van der Waals surface area (Å²) in [6.45, 7) is 0.803. The Morgan fingerprint density at radius 3 is 2.86 bits per heavy atom. The van der Waals surface area contributed by atoms with Crippen LogP contribution in [0.5, 0.6) is 5.75 Å². The van der Waals surface area contributed by atoms with Gasteiger partial charge in [0.2, 0.25) is 4.96 Å². The van der Waals surface area contributed by atoms with Gasteiger partial charge in [-0.1, -0.05) is 46.7 Å². The average molecular weight is 431 g/mol. The molecule has 5 aromatic rings. The average Bonchev–Trinajstić information content (AvgIpc) is 3.37. The highest BCUT2D eigenvalue weighted by molar-refractivity contribution is 7.16. The molecule has 0 atom stereocenters. The molecular formula is C18H12Cl2N6OS. The van der Waals surface area contributed by atoms with Crippen molar-refractivity contribution in [1.82, 2.24) is 29.4 Å². The van der Waals surface area contributed by atoms with Crippen molar-refractivity contribution in [2.75, 3.05) is 0 Å². The zero-order chi connectivity index (χ0) is 19.1. The van der Waals surface area contributed by atoms with Crippen LogP contribution in [0.4, 0.5) is 0 Å². The first kappa shape index (κ1) is 17.4. The molecule has 3 aromatic heterocycles. The SMILES string of the molecule is Clc1ccc(OCc2nn3c(Cn4cnc5ccccc54)nnc3s2)c(Cl)c1. The van der Waals surface area contributed by atoms with Gasteiger partial charge in [-0.25, -0.2) is 4.98 Å². The van der Waals surface area contributed by atoms with E-state index in [1.807, 2.05) is 28.8 Å². The van der Waals surface area contributed by atoms with Gasteiger partial charge in [0.1, 0.15) is 12.4 Å². The minimum Gasteiger partial charge on any atom is -0.485 e. The van der Waals surface area contributed by atoms with Crippen LogP contribution in [0.3, 0.4) is 0 Å². The van der Waals surface area contributed by atoms with Gasteiger partial charge in [0, 0.05) is 5.02 Å². The van der Waals surface area contributed by atoms with E-state index in [0.717, 1.165) is 21.9 Å². The molecule has 0 radical (unpaired) electrons. The van der Waals surface area contributed by atoms with E-state index in [-0.39, 0.29) is 6.61 Å². The fraction of sp³-hybridized carbons (Fsp3) is 0.111. The lowest BCUT2D eigenvalue weighted by atomic mass is 10.3. The van der Waals surface area contributed by atoms with Crippen molar-refractivity contribution in [1.29, 1.82) is 0 Å². The van der Waals surface area contributed by atoms with Gasteiger partial charge in [-0.05, 0) is 30.3 Å². The van der Waals surface area contributed by atoms with Gasteiger partial charge in [0.05, 0.1) is 28.9 Å². The molecule has 0 unspecified atom stereocenters. The van der Waals surface area contributed by atoms with Gasteiger partial charge in [0.15, 0.2) is 10.8 Å². The van der Waals surface area contributed by atoms with Crippen molar-refractivity contribution < 1.29 is 4.74 Å². The number of ether oxygens (including phenoxy) is 1. The molecule has 3 heterocycles. The number of imidazole rings is 1. The number of para-hydroxylation sites is 2. The van der Waals surface area contributed by atoms with E-state index in [9.17, 15) is 0 Å². The summed E-state index contributed by atoms with van der Waals surface area (Å²) in [5.74, 6) is 1.28. The predicted molar refractivity (Wildman–Crippen MR) is 108 cm³/mol. The quantitative estimate of drug-likeness (QED) is 0.411. The van der Waals surface area contributed by atoms with Crippen LogP contribution >= 0.6 is 34.5 Å². The van der Waals surface area contributed by atoms with Crippen molar-refractivity contribution >= 4 is 50.5 Å². The van der Waals surface area contributed by atoms with Crippen LogP contribution in [0.25, 0.3) is 16.0 Å². The third-order valence-corrected chi connectivity index (χ3v) is 5.58. The number of halogens is 2. The molecule has 0 spiro atoms. The summed E-state index contributed by atoms with van der Waals surface area (Å²) in [4.78, 5) is 5.12. The van der Waals surface area contributed by atoms with Crippen LogP contribution < -0.4 is 4.74 Å². The molecule has 10 heteroatoms. The number of rotatable bonds is 5. The van der Waals surface area contributed by atoms with E-state index in [4.69, 9.17) is 27.9 Å². The van der Waals surface area contributed by atoms with Gasteiger partial charge < -0.3 is 9.30 Å². The largest absolute Gasteiger partial charge is 0.485 e. The van der Waals surface area contributed by atoms with Crippen molar-refractivity contribution in [2.45, 2.75) is 13.2 Å². The number of hydrogen-bond acceptors (Lipinski definition) is 6. The maximum atomic E-state index is 6.14. The van der Waals surface area contributed by atoms with E-state index in [0.29, 0.717) is 27.3 Å². The normalized spacial score (nSPS) is 11.5. The molecule has 0 N–H and O–H groups in total. The summed E-state index contributed by atoms with van der Waals surface area (Å²) in [7, 11) is 0. The monoisotopic (exact) mass is 430 g/mol. The first-order valence-electron chi connectivity index (χ1n) is 8.35. The highest BCUT2D eigenvalue weighted by Gasteiger charge is 2.14. The highest BCUT2D eigenvalue weighted by Crippen LogP contribution is 2.28. The van der Waals surface area contributed by atoms with E-state index in [2.05, 4.69) is 20.3 Å². The maximum Gasteiger partial charge on any atom is 0.234 e. The Balaban J connectivity index is 1.38. The van der Waals surface area contributed by atoms with Crippen LogP contribution in [0.1, 0.15) is 10.8 Å². The standard InChI is InChI=1S/C18H12Cl2N6OS/c19-11-5-6-15(12(20)7-11)27-9-17-24-26-16(22-23-18(26)28-17)8-25-10-21-13-3-1-2-4-14(13)25/h1-7,10H,8-9H2. The summed E-state index contributed by atoms with van der Waals surface area (Å²) in [5.41, 5.74) is 1.98. The predicted octanol–water partition coefficient (Wildman–Crippen LogP) is 4.47. The maximum absolute atomic E-state index is 6.14. The number of benzene rings is 2. The topological polar surface area (TPSA) is 70.1 Å². The number of hydrogen-bond donors (Lipinski definition) is 0. The number of nitrogens with zero attached hydrogens (tertiary/aromatic N) is 6. The zero-order valence-corrected chi connectivity index (χ0v) is 16.6. The van der Waals surface area contributed by atoms with Crippen LogP contribution in [0, 0.1) is 0 Å². The molecule has 0 bridgehead atoms. The lowest BCUT2D eigenvalue weighted by Crippen LogP contribution is -2.05. The van der Waals surface area contributed by atoms with Crippen molar-refractivity contribution in [3.05, 3.63) is 69.7 Å². The molecule has 140 valence electrons. The van der Waals surface area contributed by atoms with Gasteiger partial charge in [-0.15, -0.1) is 10.2 Å². The Morgan fingerprint density at radius 2 is 1.96 bits per heavy atom.